The number of rotatable bonds is 5. The summed E-state index contributed by atoms with van der Waals surface area (Å²) in [5, 5.41) is 14.6. The second kappa shape index (κ2) is 9.33. The van der Waals surface area contributed by atoms with E-state index in [4.69, 9.17) is 21.3 Å². The van der Waals surface area contributed by atoms with Crippen LogP contribution >= 0.6 is 23.4 Å². The number of carbonyl (C=O) groups excluding carboxylic acids is 1. The predicted molar refractivity (Wildman–Crippen MR) is 141 cm³/mol. The first-order chi connectivity index (χ1) is 17.2. The summed E-state index contributed by atoms with van der Waals surface area (Å²) in [4.78, 5) is 34.5. The Kier molecular flexibility index (Phi) is 6.34. The van der Waals surface area contributed by atoms with Gasteiger partial charge in [0, 0.05) is 34.4 Å². The predicted octanol–water partition coefficient (Wildman–Crippen LogP) is 5.63. The first kappa shape index (κ1) is 24.5. The zero-order valence-corrected chi connectivity index (χ0v) is 21.7. The Labute approximate surface area is 218 Å². The van der Waals surface area contributed by atoms with Gasteiger partial charge < -0.3 is 20.1 Å². The van der Waals surface area contributed by atoms with Gasteiger partial charge in [-0.3, -0.25) is 9.59 Å². The average molecular weight is 524 g/mol. The number of aromatic nitrogens is 2. The van der Waals surface area contributed by atoms with Crippen LogP contribution in [0.2, 0.25) is 5.02 Å². The van der Waals surface area contributed by atoms with Crippen LogP contribution in [0.1, 0.15) is 49.3 Å². The van der Waals surface area contributed by atoms with Crippen LogP contribution in [0.15, 0.2) is 63.7 Å². The van der Waals surface area contributed by atoms with Crippen molar-refractivity contribution in [1.29, 1.82) is 0 Å². The van der Waals surface area contributed by atoms with Gasteiger partial charge in [-0.1, -0.05) is 61.5 Å². The maximum atomic E-state index is 13.5. The number of thioether (sulfide) groups is 1. The van der Waals surface area contributed by atoms with E-state index in [2.05, 4.69) is 24.1 Å². The van der Waals surface area contributed by atoms with Crippen LogP contribution in [0.5, 0.6) is 11.5 Å². The number of fused-ring (bicyclic) bond motifs is 1. The molecule has 0 saturated heterocycles. The molecule has 3 N–H and O–H groups in total. The standard InChI is InChI=1S/C27H26ClN3O4S/c1-27(2)11-17-22(19(33)12-27)21(14-8-9-18(32)20(10-14)35-3)23-24(29-17)30-26(31-25(23)34)36-13-15-6-4-5-7-16(15)28/h4-10,21,32H,11-13H2,1-3H3,(H2,29,30,31,34)/t21-/m1/s1. The summed E-state index contributed by atoms with van der Waals surface area (Å²) >= 11 is 7.67. The van der Waals surface area contributed by atoms with Gasteiger partial charge in [-0.25, -0.2) is 4.98 Å². The maximum Gasteiger partial charge on any atom is 0.257 e. The summed E-state index contributed by atoms with van der Waals surface area (Å²) in [6, 6.07) is 12.5. The third-order valence-electron chi connectivity index (χ3n) is 6.56. The van der Waals surface area contributed by atoms with Crippen molar-refractivity contribution < 1.29 is 14.6 Å². The van der Waals surface area contributed by atoms with Gasteiger partial charge in [-0.15, -0.1) is 0 Å². The molecule has 0 saturated carbocycles. The Morgan fingerprint density at radius 1 is 1.19 bits per heavy atom. The van der Waals surface area contributed by atoms with Gasteiger partial charge in [0.15, 0.2) is 22.4 Å². The molecule has 2 heterocycles. The lowest BCUT2D eigenvalue weighted by molar-refractivity contribution is -0.118. The number of nitrogens with one attached hydrogen (secondary N) is 2. The average Bonchev–Trinajstić information content (AvgIpc) is 2.82. The van der Waals surface area contributed by atoms with E-state index in [1.807, 2.05) is 24.3 Å². The number of phenols is 1. The normalized spacial score (nSPS) is 18.3. The van der Waals surface area contributed by atoms with Gasteiger partial charge >= 0.3 is 0 Å². The van der Waals surface area contributed by atoms with Gasteiger partial charge in [0.25, 0.3) is 5.56 Å². The molecule has 186 valence electrons. The molecule has 0 fully saturated rings. The summed E-state index contributed by atoms with van der Waals surface area (Å²) in [6.07, 6.45) is 1.03. The fourth-order valence-electron chi connectivity index (χ4n) is 4.93. The quantitative estimate of drug-likeness (QED) is 0.294. The number of methoxy groups -OCH3 is 1. The molecule has 0 bridgehead atoms. The lowest BCUT2D eigenvalue weighted by Gasteiger charge is -2.38. The molecule has 1 atom stereocenters. The molecule has 36 heavy (non-hydrogen) atoms. The molecule has 2 aromatic carbocycles. The molecule has 7 nitrogen and oxygen atoms in total. The first-order valence-electron chi connectivity index (χ1n) is 11.6. The Balaban J connectivity index is 1.61. The number of hydrogen-bond donors (Lipinski definition) is 3. The van der Waals surface area contributed by atoms with Crippen molar-refractivity contribution >= 4 is 35.0 Å². The topological polar surface area (TPSA) is 104 Å². The van der Waals surface area contributed by atoms with Crippen molar-refractivity contribution in [1.82, 2.24) is 9.97 Å². The minimum Gasteiger partial charge on any atom is -0.504 e. The number of halogens is 1. The monoisotopic (exact) mass is 523 g/mol. The van der Waals surface area contributed by atoms with Crippen LogP contribution in [0, 0.1) is 5.41 Å². The van der Waals surface area contributed by atoms with Crippen molar-refractivity contribution in [3.63, 3.8) is 0 Å². The van der Waals surface area contributed by atoms with Gasteiger partial charge in [-0.05, 0) is 41.2 Å². The number of anilines is 1. The molecule has 0 spiro atoms. The van der Waals surface area contributed by atoms with Crippen LogP contribution in [-0.2, 0) is 10.5 Å². The summed E-state index contributed by atoms with van der Waals surface area (Å²) in [5.41, 5.74) is 2.79. The van der Waals surface area contributed by atoms with Crippen LogP contribution in [0.3, 0.4) is 0 Å². The summed E-state index contributed by atoms with van der Waals surface area (Å²) in [7, 11) is 1.46. The summed E-state index contributed by atoms with van der Waals surface area (Å²) in [5.74, 6) is 0.594. The molecular weight excluding hydrogens is 498 g/mol. The molecule has 5 rings (SSSR count). The highest BCUT2D eigenvalue weighted by molar-refractivity contribution is 7.98. The van der Waals surface area contributed by atoms with Crippen molar-refractivity contribution in [2.75, 3.05) is 12.4 Å². The van der Waals surface area contributed by atoms with Crippen molar-refractivity contribution in [2.24, 2.45) is 5.41 Å². The molecule has 0 amide bonds. The number of hydrogen-bond acceptors (Lipinski definition) is 7. The number of aromatic hydroxyl groups is 1. The van der Waals surface area contributed by atoms with E-state index in [0.717, 1.165) is 11.3 Å². The number of nitrogens with zero attached hydrogens (tertiary/aromatic N) is 1. The van der Waals surface area contributed by atoms with E-state index in [1.165, 1.54) is 24.9 Å². The van der Waals surface area contributed by atoms with Gasteiger partial charge in [0.1, 0.15) is 5.82 Å². The lowest BCUT2D eigenvalue weighted by Crippen LogP contribution is -2.37. The zero-order chi connectivity index (χ0) is 25.6. The second-order valence-electron chi connectivity index (χ2n) is 9.84. The number of ether oxygens (including phenoxy) is 1. The number of carbonyl (C=O) groups is 1. The van der Waals surface area contributed by atoms with Crippen LogP contribution in [0.4, 0.5) is 5.82 Å². The van der Waals surface area contributed by atoms with E-state index in [9.17, 15) is 14.7 Å². The smallest absolute Gasteiger partial charge is 0.257 e. The van der Waals surface area contributed by atoms with Gasteiger partial charge in [-0.2, -0.15) is 0 Å². The molecule has 9 heteroatoms. The largest absolute Gasteiger partial charge is 0.504 e. The maximum absolute atomic E-state index is 13.5. The Hall–Kier alpha value is -3.23. The fraction of sp³-hybridized carbons (Fsp3) is 0.296. The highest BCUT2D eigenvalue weighted by Gasteiger charge is 2.42. The van der Waals surface area contributed by atoms with Gasteiger partial charge in [0.05, 0.1) is 12.7 Å². The Morgan fingerprint density at radius 3 is 2.72 bits per heavy atom. The lowest BCUT2D eigenvalue weighted by atomic mass is 9.69. The number of benzene rings is 2. The number of Topliss-reactive ketones (excluding diaryl/α,β-unsaturated/α-hetero) is 1. The second-order valence-corrected chi connectivity index (χ2v) is 11.2. The summed E-state index contributed by atoms with van der Waals surface area (Å²) in [6.45, 7) is 4.11. The molecule has 2 aliphatic rings. The minimum absolute atomic E-state index is 0.00647. The SMILES string of the molecule is COc1cc([C@@H]2C3=C(CC(C)(C)CC3=O)Nc3nc(SCc4ccccc4Cl)[nH]c(=O)c32)ccc1O. The number of H-pyrrole nitrogens is 1. The Bertz CT molecular complexity index is 1460. The molecule has 3 aromatic rings. The fourth-order valence-corrected chi connectivity index (χ4v) is 6.08. The van der Waals surface area contributed by atoms with Crippen LogP contribution < -0.4 is 15.6 Å². The molecular formula is C27H26ClN3O4S. The Morgan fingerprint density at radius 2 is 1.97 bits per heavy atom. The molecule has 0 radical (unpaired) electrons. The highest BCUT2D eigenvalue weighted by atomic mass is 35.5. The molecule has 1 aliphatic heterocycles. The van der Waals surface area contributed by atoms with Gasteiger partial charge in [0.2, 0.25) is 0 Å². The van der Waals surface area contributed by atoms with E-state index >= 15 is 0 Å². The third kappa shape index (κ3) is 4.51. The van der Waals surface area contributed by atoms with E-state index in [0.29, 0.717) is 51.3 Å². The molecule has 0 unspecified atom stereocenters. The van der Waals surface area contributed by atoms with E-state index in [-0.39, 0.29) is 28.3 Å². The number of allylic oxidation sites excluding steroid dienone is 2. The number of aromatic amines is 1. The number of phenolic OH excluding ortho intramolecular Hbond substituents is 1. The van der Waals surface area contributed by atoms with Crippen molar-refractivity contribution in [3.8, 4) is 11.5 Å². The zero-order valence-electron chi connectivity index (χ0n) is 20.1. The highest BCUT2D eigenvalue weighted by Crippen LogP contribution is 2.48. The summed E-state index contributed by atoms with van der Waals surface area (Å²) < 4.78 is 5.31. The third-order valence-corrected chi connectivity index (χ3v) is 7.85. The first-order valence-corrected chi connectivity index (χ1v) is 12.9. The number of ketones is 1. The van der Waals surface area contributed by atoms with E-state index < -0.39 is 5.92 Å². The molecule has 1 aromatic heterocycles. The molecule has 1 aliphatic carbocycles. The van der Waals surface area contributed by atoms with Crippen LogP contribution in [0.25, 0.3) is 0 Å². The minimum atomic E-state index is -0.631. The van der Waals surface area contributed by atoms with Crippen molar-refractivity contribution in [3.05, 3.63) is 85.8 Å². The van der Waals surface area contributed by atoms with Crippen molar-refractivity contribution in [2.45, 2.75) is 43.5 Å². The van der Waals surface area contributed by atoms with E-state index in [1.54, 1.807) is 12.1 Å². The van der Waals surface area contributed by atoms with Crippen LogP contribution in [-0.4, -0.2) is 28.0 Å².